The molecule has 0 bridgehead atoms. The molecule has 6 aliphatic rings. The molecule has 1 spiro atoms. The molecule has 5 unspecified atom stereocenters. The van der Waals surface area contributed by atoms with Gasteiger partial charge in [-0.25, -0.2) is 4.79 Å². The molecule has 1 heterocycles. The normalized spacial score (nSPS) is 55.2. The van der Waals surface area contributed by atoms with Crippen molar-refractivity contribution in [3.8, 4) is 0 Å². The maximum absolute atomic E-state index is 11.9. The standard InChI is InChI=1S/C22H26O3/c1-21-7-4-14-13-3-2-12(23)10-15(13)16-11-17(16)20(14)18(21)5-8-22(21)9-6-19(24)25-22/h6,9-10,13-14,16-18,20H,2-5,7-8,11H2,1H3/t13-,14?,16?,17?,18?,20?,21+,22-/m1/s1. The Hall–Kier alpha value is -1.38. The van der Waals surface area contributed by atoms with Crippen LogP contribution in [0.2, 0.25) is 0 Å². The average Bonchev–Trinajstić information content (AvgIpc) is 3.23. The van der Waals surface area contributed by atoms with Crippen LogP contribution in [-0.4, -0.2) is 17.4 Å². The minimum Gasteiger partial charge on any atom is -0.451 e. The number of carbonyl (C=O) groups is 2. The van der Waals surface area contributed by atoms with Crippen LogP contribution in [0.1, 0.15) is 51.9 Å². The lowest BCUT2D eigenvalue weighted by molar-refractivity contribution is -0.161. The fourth-order valence-corrected chi connectivity index (χ4v) is 7.93. The highest BCUT2D eigenvalue weighted by atomic mass is 16.6. The predicted molar refractivity (Wildman–Crippen MR) is 92.4 cm³/mol. The van der Waals surface area contributed by atoms with Crippen LogP contribution in [0.5, 0.6) is 0 Å². The molecule has 8 atom stereocenters. The van der Waals surface area contributed by atoms with E-state index in [9.17, 15) is 9.59 Å². The van der Waals surface area contributed by atoms with E-state index in [1.165, 1.54) is 24.8 Å². The number of hydrogen-bond acceptors (Lipinski definition) is 3. The number of hydrogen-bond donors (Lipinski definition) is 0. The Kier molecular flexibility index (Phi) is 2.64. The highest BCUT2D eigenvalue weighted by Crippen LogP contribution is 2.72. The maximum Gasteiger partial charge on any atom is 0.331 e. The van der Waals surface area contributed by atoms with Crippen molar-refractivity contribution in [3.05, 3.63) is 23.8 Å². The summed E-state index contributed by atoms with van der Waals surface area (Å²) >= 11 is 0. The molecule has 25 heavy (non-hydrogen) atoms. The van der Waals surface area contributed by atoms with Gasteiger partial charge >= 0.3 is 5.97 Å². The molecule has 3 heteroatoms. The molecule has 1 aliphatic heterocycles. The largest absolute Gasteiger partial charge is 0.451 e. The van der Waals surface area contributed by atoms with Gasteiger partial charge in [0.25, 0.3) is 0 Å². The summed E-state index contributed by atoms with van der Waals surface area (Å²) in [5.74, 6) is 4.58. The summed E-state index contributed by atoms with van der Waals surface area (Å²) in [6.07, 6.45) is 13.5. The maximum atomic E-state index is 11.9. The van der Waals surface area contributed by atoms with Crippen molar-refractivity contribution in [2.24, 2.45) is 40.9 Å². The van der Waals surface area contributed by atoms with Gasteiger partial charge in [0.1, 0.15) is 5.60 Å². The Bertz CT molecular complexity index is 748. The van der Waals surface area contributed by atoms with Gasteiger partial charge in [0.05, 0.1) is 0 Å². The highest BCUT2D eigenvalue weighted by Gasteiger charge is 2.69. The van der Waals surface area contributed by atoms with Gasteiger partial charge in [0, 0.05) is 17.9 Å². The highest BCUT2D eigenvalue weighted by molar-refractivity contribution is 5.91. The second-order valence-electron chi connectivity index (χ2n) is 9.75. The van der Waals surface area contributed by atoms with Crippen molar-refractivity contribution in [2.45, 2.75) is 57.5 Å². The van der Waals surface area contributed by atoms with Gasteiger partial charge in [-0.3, -0.25) is 4.79 Å². The first kappa shape index (κ1) is 14.8. The van der Waals surface area contributed by atoms with Crippen LogP contribution in [-0.2, 0) is 14.3 Å². The minimum absolute atomic E-state index is 0.107. The van der Waals surface area contributed by atoms with Crippen molar-refractivity contribution in [1.29, 1.82) is 0 Å². The van der Waals surface area contributed by atoms with E-state index in [1.54, 1.807) is 6.08 Å². The first-order valence-electron chi connectivity index (χ1n) is 10.2. The van der Waals surface area contributed by atoms with Crippen molar-refractivity contribution < 1.29 is 14.3 Å². The monoisotopic (exact) mass is 338 g/mol. The van der Waals surface area contributed by atoms with Crippen molar-refractivity contribution in [1.82, 2.24) is 0 Å². The molecule has 132 valence electrons. The number of ether oxygens (including phenoxy) is 1. The molecule has 0 amide bonds. The van der Waals surface area contributed by atoms with Crippen LogP contribution in [0.4, 0.5) is 0 Å². The van der Waals surface area contributed by atoms with E-state index in [-0.39, 0.29) is 17.0 Å². The molecule has 0 radical (unpaired) electrons. The van der Waals surface area contributed by atoms with Crippen LogP contribution in [0, 0.1) is 40.9 Å². The number of carbonyl (C=O) groups excluding carboxylic acids is 2. The van der Waals surface area contributed by atoms with E-state index in [0.29, 0.717) is 23.5 Å². The third-order valence-electron chi connectivity index (χ3n) is 9.08. The lowest BCUT2D eigenvalue weighted by atomic mass is 9.50. The molecule has 5 aliphatic carbocycles. The fourth-order valence-electron chi connectivity index (χ4n) is 7.93. The Morgan fingerprint density at radius 2 is 1.96 bits per heavy atom. The summed E-state index contributed by atoms with van der Waals surface area (Å²) in [5.41, 5.74) is 1.30. The summed E-state index contributed by atoms with van der Waals surface area (Å²) in [4.78, 5) is 23.8. The summed E-state index contributed by atoms with van der Waals surface area (Å²) in [5, 5.41) is 0. The molecule has 4 saturated carbocycles. The van der Waals surface area contributed by atoms with Gasteiger partial charge in [-0.2, -0.15) is 0 Å². The first-order valence-corrected chi connectivity index (χ1v) is 10.2. The Morgan fingerprint density at radius 1 is 1.08 bits per heavy atom. The zero-order chi connectivity index (χ0) is 17.0. The molecule has 0 aromatic rings. The summed E-state index contributed by atoms with van der Waals surface area (Å²) in [7, 11) is 0. The van der Waals surface area contributed by atoms with E-state index in [4.69, 9.17) is 4.74 Å². The van der Waals surface area contributed by atoms with Gasteiger partial charge in [-0.05, 0) is 86.2 Å². The molecule has 3 nitrogen and oxygen atoms in total. The molecular formula is C22H26O3. The third kappa shape index (κ3) is 1.68. The Labute approximate surface area is 148 Å². The third-order valence-corrected chi connectivity index (χ3v) is 9.08. The first-order chi connectivity index (χ1) is 12.0. The molecule has 6 rings (SSSR count). The second kappa shape index (κ2) is 4.47. The number of fused-ring (bicyclic) bond motifs is 9. The summed E-state index contributed by atoms with van der Waals surface area (Å²) in [6.45, 7) is 2.40. The van der Waals surface area contributed by atoms with E-state index < -0.39 is 0 Å². The molecule has 0 aromatic carbocycles. The second-order valence-corrected chi connectivity index (χ2v) is 9.75. The average molecular weight is 338 g/mol. The Morgan fingerprint density at radius 3 is 2.76 bits per heavy atom. The van der Waals surface area contributed by atoms with Crippen LogP contribution in [0.3, 0.4) is 0 Å². The number of rotatable bonds is 0. The van der Waals surface area contributed by atoms with Gasteiger partial charge in [-0.1, -0.05) is 12.5 Å². The minimum atomic E-state index is -0.331. The lowest BCUT2D eigenvalue weighted by Gasteiger charge is -2.55. The van der Waals surface area contributed by atoms with Crippen LogP contribution in [0.15, 0.2) is 23.8 Å². The van der Waals surface area contributed by atoms with E-state index in [1.807, 2.05) is 6.08 Å². The van der Waals surface area contributed by atoms with E-state index >= 15 is 0 Å². The zero-order valence-corrected chi connectivity index (χ0v) is 14.9. The van der Waals surface area contributed by atoms with Crippen LogP contribution < -0.4 is 0 Å². The zero-order valence-electron chi connectivity index (χ0n) is 14.9. The number of ketones is 1. The van der Waals surface area contributed by atoms with Crippen LogP contribution in [0.25, 0.3) is 0 Å². The summed E-state index contributed by atoms with van der Waals surface area (Å²) in [6, 6.07) is 0. The van der Waals surface area contributed by atoms with E-state index in [0.717, 1.165) is 43.4 Å². The molecule has 0 N–H and O–H groups in total. The van der Waals surface area contributed by atoms with Gasteiger partial charge < -0.3 is 4.74 Å². The van der Waals surface area contributed by atoms with Crippen molar-refractivity contribution in [2.75, 3.05) is 0 Å². The number of allylic oxidation sites excluding steroid dienone is 1. The lowest BCUT2D eigenvalue weighted by Crippen LogP contribution is -2.53. The molecule has 0 saturated heterocycles. The van der Waals surface area contributed by atoms with E-state index in [2.05, 4.69) is 13.0 Å². The smallest absolute Gasteiger partial charge is 0.331 e. The topological polar surface area (TPSA) is 43.4 Å². The van der Waals surface area contributed by atoms with Gasteiger partial charge in [-0.15, -0.1) is 0 Å². The molecular weight excluding hydrogens is 312 g/mol. The summed E-state index contributed by atoms with van der Waals surface area (Å²) < 4.78 is 5.93. The Balaban J connectivity index is 1.38. The SMILES string of the molecule is C[C@]12CCC3C(C4CC4C4=CC(=O)CC[C@@H]43)C1CC[C@@]21C=CC(=O)O1. The molecule has 0 aromatic heterocycles. The van der Waals surface area contributed by atoms with Crippen LogP contribution >= 0.6 is 0 Å². The van der Waals surface area contributed by atoms with Gasteiger partial charge in [0.15, 0.2) is 5.78 Å². The van der Waals surface area contributed by atoms with Crippen molar-refractivity contribution >= 4 is 11.8 Å². The molecule has 4 fully saturated rings. The predicted octanol–water partition coefficient (Wildman–Crippen LogP) is 3.84. The van der Waals surface area contributed by atoms with Crippen molar-refractivity contribution in [3.63, 3.8) is 0 Å². The number of esters is 1. The quantitative estimate of drug-likeness (QED) is 0.630. The fraction of sp³-hybridized carbons (Fsp3) is 0.727. The van der Waals surface area contributed by atoms with Gasteiger partial charge in [0.2, 0.25) is 0 Å².